The van der Waals surface area contributed by atoms with Gasteiger partial charge in [0.1, 0.15) is 12.4 Å². The normalized spacial score (nSPS) is 11.1. The van der Waals surface area contributed by atoms with E-state index < -0.39 is 0 Å². The summed E-state index contributed by atoms with van der Waals surface area (Å²) in [5.74, 6) is 2.61. The van der Waals surface area contributed by atoms with Crippen LogP contribution in [-0.4, -0.2) is 62.3 Å². The van der Waals surface area contributed by atoms with Crippen molar-refractivity contribution in [2.24, 2.45) is 0 Å². The van der Waals surface area contributed by atoms with Crippen molar-refractivity contribution in [3.8, 4) is 11.5 Å². The third-order valence-corrected chi connectivity index (χ3v) is 6.81. The van der Waals surface area contributed by atoms with Crippen molar-refractivity contribution < 1.29 is 9.47 Å². The van der Waals surface area contributed by atoms with Crippen LogP contribution in [0.2, 0.25) is 0 Å². The molecule has 0 radical (unpaired) electrons. The van der Waals surface area contributed by atoms with Gasteiger partial charge in [0, 0.05) is 42.2 Å². The number of nitrogens with one attached hydrogen (secondary N) is 3. The average molecular weight is 551 g/mol. The van der Waals surface area contributed by atoms with Crippen LogP contribution in [0.15, 0.2) is 84.9 Å². The maximum absolute atomic E-state index is 6.17. The zero-order valence-corrected chi connectivity index (χ0v) is 24.0. The Bertz CT molecular complexity index is 1570. The van der Waals surface area contributed by atoms with Crippen molar-refractivity contribution in [2.45, 2.75) is 13.0 Å². The first-order valence-electron chi connectivity index (χ1n) is 14.0. The fourth-order valence-electron chi connectivity index (χ4n) is 4.71. The summed E-state index contributed by atoms with van der Waals surface area (Å²) in [5.41, 5.74) is 2.98. The molecule has 0 saturated carbocycles. The van der Waals surface area contributed by atoms with E-state index in [0.29, 0.717) is 30.6 Å². The summed E-state index contributed by atoms with van der Waals surface area (Å²) in [5, 5.41) is 13.8. The van der Waals surface area contributed by atoms with E-state index in [0.717, 1.165) is 54.0 Å². The number of anilines is 3. The predicted molar refractivity (Wildman–Crippen MR) is 169 cm³/mol. The average Bonchev–Trinajstić information content (AvgIpc) is 3.00. The maximum atomic E-state index is 6.17. The molecule has 0 aliphatic heterocycles. The topological polar surface area (TPSA) is 83.6 Å². The Labute approximate surface area is 241 Å². The summed E-state index contributed by atoms with van der Waals surface area (Å²) < 4.78 is 11.9. The first kappa shape index (κ1) is 28.0. The third-order valence-electron chi connectivity index (χ3n) is 6.81. The van der Waals surface area contributed by atoms with E-state index in [1.165, 1.54) is 10.8 Å². The van der Waals surface area contributed by atoms with E-state index in [1.54, 1.807) is 7.11 Å². The predicted octanol–water partition coefficient (Wildman–Crippen LogP) is 6.26. The van der Waals surface area contributed by atoms with Crippen LogP contribution in [0.1, 0.15) is 12.0 Å². The fraction of sp³-hybridized carbons (Fsp3) is 0.273. The minimum atomic E-state index is 0.439. The Kier molecular flexibility index (Phi) is 9.34. The minimum absolute atomic E-state index is 0.439. The number of methoxy groups -OCH3 is 1. The van der Waals surface area contributed by atoms with E-state index in [9.17, 15) is 0 Å². The number of rotatable bonds is 14. The smallest absolute Gasteiger partial charge is 0.225 e. The van der Waals surface area contributed by atoms with Crippen LogP contribution in [-0.2, 0) is 6.61 Å². The fourth-order valence-corrected chi connectivity index (χ4v) is 4.71. The zero-order valence-electron chi connectivity index (χ0n) is 24.0. The molecular weight excluding hydrogens is 512 g/mol. The van der Waals surface area contributed by atoms with Crippen molar-refractivity contribution in [1.29, 1.82) is 0 Å². The van der Waals surface area contributed by atoms with Gasteiger partial charge in [-0.15, -0.1) is 0 Å². The summed E-state index contributed by atoms with van der Waals surface area (Å²) in [4.78, 5) is 11.8. The molecule has 41 heavy (non-hydrogen) atoms. The lowest BCUT2D eigenvalue weighted by Crippen LogP contribution is -2.18. The highest BCUT2D eigenvalue weighted by molar-refractivity contribution is 5.94. The highest BCUT2D eigenvalue weighted by Crippen LogP contribution is 2.35. The number of hydrogen-bond donors (Lipinski definition) is 3. The van der Waals surface area contributed by atoms with Gasteiger partial charge < -0.3 is 30.3 Å². The van der Waals surface area contributed by atoms with Crippen molar-refractivity contribution in [3.63, 3.8) is 0 Å². The third kappa shape index (κ3) is 7.35. The van der Waals surface area contributed by atoms with E-state index in [2.05, 4.69) is 77.4 Å². The molecule has 5 aromatic rings. The van der Waals surface area contributed by atoms with Crippen LogP contribution in [0.25, 0.3) is 21.7 Å². The lowest BCUT2D eigenvalue weighted by Gasteiger charge is -2.16. The molecule has 5 rings (SSSR count). The summed E-state index contributed by atoms with van der Waals surface area (Å²) in [7, 11) is 5.80. The molecule has 0 fully saturated rings. The first-order chi connectivity index (χ1) is 20.1. The Hall–Kier alpha value is -4.56. The molecule has 0 aliphatic rings. The second-order valence-electron chi connectivity index (χ2n) is 10.2. The van der Waals surface area contributed by atoms with Crippen molar-refractivity contribution >= 4 is 39.1 Å². The number of benzene rings is 4. The van der Waals surface area contributed by atoms with Crippen LogP contribution in [0.3, 0.4) is 0 Å². The Morgan fingerprint density at radius 2 is 1.51 bits per heavy atom. The van der Waals surface area contributed by atoms with Gasteiger partial charge >= 0.3 is 0 Å². The number of ether oxygens (including phenoxy) is 2. The van der Waals surface area contributed by atoms with E-state index in [4.69, 9.17) is 19.4 Å². The molecule has 4 aromatic carbocycles. The quantitative estimate of drug-likeness (QED) is 0.140. The molecule has 0 unspecified atom stereocenters. The lowest BCUT2D eigenvalue weighted by molar-refractivity contribution is 0.285. The lowest BCUT2D eigenvalue weighted by atomic mass is 10.1. The molecule has 1 heterocycles. The Balaban J connectivity index is 1.35. The molecule has 212 valence electrons. The van der Waals surface area contributed by atoms with Gasteiger partial charge in [-0.3, -0.25) is 0 Å². The van der Waals surface area contributed by atoms with Gasteiger partial charge in [0.25, 0.3) is 0 Å². The molecule has 8 nitrogen and oxygen atoms in total. The van der Waals surface area contributed by atoms with Crippen LogP contribution >= 0.6 is 0 Å². The zero-order chi connectivity index (χ0) is 28.4. The molecule has 8 heteroatoms. The first-order valence-corrected chi connectivity index (χ1v) is 14.0. The molecule has 0 saturated heterocycles. The molecular formula is C33H38N6O2. The highest BCUT2D eigenvalue weighted by Gasteiger charge is 2.14. The van der Waals surface area contributed by atoms with E-state index in [1.807, 2.05) is 42.5 Å². The van der Waals surface area contributed by atoms with Gasteiger partial charge in [-0.25, -0.2) is 4.98 Å². The minimum Gasteiger partial charge on any atom is -0.493 e. The molecule has 3 N–H and O–H groups in total. The summed E-state index contributed by atoms with van der Waals surface area (Å²) in [6.45, 7) is 3.60. The molecule has 0 atom stereocenters. The van der Waals surface area contributed by atoms with Gasteiger partial charge in [0.15, 0.2) is 11.5 Å². The van der Waals surface area contributed by atoms with Crippen LogP contribution < -0.4 is 25.4 Å². The Morgan fingerprint density at radius 1 is 0.732 bits per heavy atom. The van der Waals surface area contributed by atoms with Gasteiger partial charge in [0.05, 0.1) is 12.6 Å². The van der Waals surface area contributed by atoms with Gasteiger partial charge in [-0.05, 0) is 50.1 Å². The maximum Gasteiger partial charge on any atom is 0.225 e. The van der Waals surface area contributed by atoms with E-state index in [-0.39, 0.29) is 0 Å². The molecule has 1 aromatic heterocycles. The van der Waals surface area contributed by atoms with Crippen LogP contribution in [0.4, 0.5) is 17.5 Å². The largest absolute Gasteiger partial charge is 0.493 e. The summed E-state index contributed by atoms with van der Waals surface area (Å²) in [6.07, 6.45) is 0.986. The van der Waals surface area contributed by atoms with Crippen molar-refractivity contribution in [2.75, 3.05) is 63.3 Å². The second kappa shape index (κ2) is 13.7. The molecule has 0 amide bonds. The number of aromatic nitrogens is 2. The van der Waals surface area contributed by atoms with E-state index >= 15 is 0 Å². The Morgan fingerprint density at radius 3 is 2.34 bits per heavy atom. The second-order valence-corrected chi connectivity index (χ2v) is 10.2. The number of hydrogen-bond acceptors (Lipinski definition) is 8. The summed E-state index contributed by atoms with van der Waals surface area (Å²) in [6, 6.07) is 28.7. The highest BCUT2D eigenvalue weighted by atomic mass is 16.5. The number of fused-ring (bicyclic) bond motifs is 2. The van der Waals surface area contributed by atoms with Crippen LogP contribution in [0, 0.1) is 0 Å². The van der Waals surface area contributed by atoms with Crippen molar-refractivity contribution in [3.05, 3.63) is 90.5 Å². The van der Waals surface area contributed by atoms with Gasteiger partial charge in [0.2, 0.25) is 5.95 Å². The summed E-state index contributed by atoms with van der Waals surface area (Å²) >= 11 is 0. The molecule has 0 aliphatic carbocycles. The van der Waals surface area contributed by atoms with Gasteiger partial charge in [-0.2, -0.15) is 4.98 Å². The monoisotopic (exact) mass is 550 g/mol. The number of nitrogens with zero attached hydrogens (tertiary/aromatic N) is 3. The van der Waals surface area contributed by atoms with Gasteiger partial charge in [-0.1, -0.05) is 66.7 Å². The van der Waals surface area contributed by atoms with Crippen molar-refractivity contribution in [1.82, 2.24) is 14.9 Å². The molecule has 0 bridgehead atoms. The van der Waals surface area contributed by atoms with Crippen LogP contribution in [0.5, 0.6) is 11.5 Å². The SMILES string of the molecule is COc1cc2c(NCCNc3cccc4ccccc34)nc(NCCCN(C)C)nc2cc1OCc1ccccc1. The standard InChI is InChI=1S/C33H38N6O2/c1-39(2)20-10-17-36-33-37-29-22-31(41-23-24-11-5-4-6-12-24)30(40-3)21-27(29)32(38-33)35-19-18-34-28-16-9-14-25-13-7-8-15-26(25)28/h4-9,11-16,21-22,34H,10,17-20,23H2,1-3H3,(H2,35,36,37,38). The molecule has 0 spiro atoms.